The SMILES string of the molecule is CC[C@@H](C)NC(=O)CN1C(=O)CS[C@H](c2ccc(F)cc2)c2c(-c3ccccc3)nn(-c3ccc(OC)cc3)c21. The van der Waals surface area contributed by atoms with Crippen LogP contribution in [0.3, 0.4) is 0 Å². The first-order chi connectivity index (χ1) is 19.4. The Morgan fingerprint density at radius 1 is 1.10 bits per heavy atom. The molecule has 0 fully saturated rings. The number of methoxy groups -OCH3 is 1. The van der Waals surface area contributed by atoms with Gasteiger partial charge in [-0.25, -0.2) is 9.07 Å². The van der Waals surface area contributed by atoms with Crippen molar-refractivity contribution in [1.82, 2.24) is 15.1 Å². The molecule has 2 heterocycles. The van der Waals surface area contributed by atoms with Crippen LogP contribution in [0.4, 0.5) is 10.2 Å². The Kier molecular flexibility index (Phi) is 8.21. The van der Waals surface area contributed by atoms with Crippen LogP contribution in [0.1, 0.15) is 36.6 Å². The summed E-state index contributed by atoms with van der Waals surface area (Å²) in [6.07, 6.45) is 0.773. The average molecular weight is 559 g/mol. The molecule has 0 aliphatic carbocycles. The first kappa shape index (κ1) is 27.5. The van der Waals surface area contributed by atoms with E-state index in [1.807, 2.05) is 68.4 Å². The van der Waals surface area contributed by atoms with Crippen LogP contribution in [0, 0.1) is 5.82 Å². The highest BCUT2D eigenvalue weighted by molar-refractivity contribution is 8.00. The van der Waals surface area contributed by atoms with E-state index in [4.69, 9.17) is 9.84 Å². The number of carbonyl (C=O) groups is 2. The van der Waals surface area contributed by atoms with Gasteiger partial charge in [0.15, 0.2) is 0 Å². The lowest BCUT2D eigenvalue weighted by atomic mass is 9.99. The fourth-order valence-electron chi connectivity index (χ4n) is 4.70. The molecule has 5 rings (SSSR count). The van der Waals surface area contributed by atoms with E-state index in [1.165, 1.54) is 28.8 Å². The quantitative estimate of drug-likeness (QED) is 0.297. The fourth-order valence-corrected chi connectivity index (χ4v) is 5.90. The summed E-state index contributed by atoms with van der Waals surface area (Å²) < 4.78 is 21.0. The van der Waals surface area contributed by atoms with Gasteiger partial charge in [-0.1, -0.05) is 49.4 Å². The van der Waals surface area contributed by atoms with Gasteiger partial charge in [-0.3, -0.25) is 14.5 Å². The minimum absolute atomic E-state index is 0.0261. The van der Waals surface area contributed by atoms with Gasteiger partial charge in [-0.2, -0.15) is 5.10 Å². The first-order valence-electron chi connectivity index (χ1n) is 13.2. The Morgan fingerprint density at radius 3 is 2.45 bits per heavy atom. The number of amides is 2. The molecule has 4 aromatic rings. The lowest BCUT2D eigenvalue weighted by Gasteiger charge is -2.24. The van der Waals surface area contributed by atoms with Crippen molar-refractivity contribution in [3.8, 4) is 22.7 Å². The van der Waals surface area contributed by atoms with Crippen LogP contribution in [-0.2, 0) is 9.59 Å². The van der Waals surface area contributed by atoms with Crippen molar-refractivity contribution in [2.45, 2.75) is 31.6 Å². The number of hydrogen-bond donors (Lipinski definition) is 1. The topological polar surface area (TPSA) is 76.5 Å². The van der Waals surface area contributed by atoms with Gasteiger partial charge < -0.3 is 10.1 Å². The number of fused-ring (bicyclic) bond motifs is 1. The van der Waals surface area contributed by atoms with Crippen LogP contribution >= 0.6 is 11.8 Å². The number of halogens is 1. The third kappa shape index (κ3) is 5.60. The van der Waals surface area contributed by atoms with Gasteiger partial charge >= 0.3 is 0 Å². The summed E-state index contributed by atoms with van der Waals surface area (Å²) in [6.45, 7) is 3.78. The Bertz CT molecular complexity index is 1490. The molecule has 206 valence electrons. The molecule has 40 heavy (non-hydrogen) atoms. The maximum atomic E-state index is 13.9. The zero-order valence-electron chi connectivity index (χ0n) is 22.6. The summed E-state index contributed by atoms with van der Waals surface area (Å²) >= 11 is 1.45. The lowest BCUT2D eigenvalue weighted by Crippen LogP contribution is -2.44. The number of ether oxygens (including phenoxy) is 1. The summed E-state index contributed by atoms with van der Waals surface area (Å²) in [5.41, 5.74) is 3.91. The van der Waals surface area contributed by atoms with Crippen molar-refractivity contribution < 1.29 is 18.7 Å². The standard InChI is InChI=1S/C31H31FN4O3S/c1-4-20(2)33-26(37)18-35-27(38)19-40-30(22-10-12-23(32)13-11-22)28-29(21-8-6-5-7-9-21)34-36(31(28)35)24-14-16-25(39-3)17-15-24/h5-17,20,30H,4,18-19H2,1-3H3,(H,33,37)/t20-,30-/m1/s1. The molecule has 3 aromatic carbocycles. The first-order valence-corrected chi connectivity index (χ1v) is 14.2. The summed E-state index contributed by atoms with van der Waals surface area (Å²) in [7, 11) is 1.60. The molecule has 0 radical (unpaired) electrons. The maximum Gasteiger partial charge on any atom is 0.240 e. The van der Waals surface area contributed by atoms with Gasteiger partial charge in [0.1, 0.15) is 23.9 Å². The number of nitrogens with one attached hydrogen (secondary N) is 1. The zero-order valence-corrected chi connectivity index (χ0v) is 23.5. The molecule has 1 N–H and O–H groups in total. The summed E-state index contributed by atoms with van der Waals surface area (Å²) in [5, 5.41) is 7.71. The molecule has 9 heteroatoms. The highest BCUT2D eigenvalue weighted by Gasteiger charge is 2.37. The van der Waals surface area contributed by atoms with Crippen molar-refractivity contribution >= 4 is 29.4 Å². The Hall–Kier alpha value is -4.11. The predicted molar refractivity (Wildman–Crippen MR) is 157 cm³/mol. The second-order valence-electron chi connectivity index (χ2n) is 9.66. The van der Waals surface area contributed by atoms with Crippen molar-refractivity contribution in [1.29, 1.82) is 0 Å². The molecule has 2 atom stereocenters. The van der Waals surface area contributed by atoms with E-state index < -0.39 is 0 Å². The van der Waals surface area contributed by atoms with Crippen molar-refractivity contribution in [3.05, 3.63) is 95.8 Å². The van der Waals surface area contributed by atoms with Crippen LogP contribution in [-0.4, -0.2) is 47.0 Å². The van der Waals surface area contributed by atoms with Crippen molar-refractivity contribution in [2.24, 2.45) is 0 Å². The minimum atomic E-state index is -0.334. The molecular formula is C31H31FN4O3S. The number of hydrogen-bond acceptors (Lipinski definition) is 5. The second-order valence-corrected chi connectivity index (χ2v) is 10.8. The van der Waals surface area contributed by atoms with Crippen molar-refractivity contribution in [3.63, 3.8) is 0 Å². The summed E-state index contributed by atoms with van der Waals surface area (Å²) in [4.78, 5) is 28.4. The molecule has 1 aliphatic rings. The number of aromatic nitrogens is 2. The van der Waals surface area contributed by atoms with Gasteiger partial charge in [-0.05, 0) is 55.3 Å². The molecule has 0 saturated heterocycles. The third-order valence-corrected chi connectivity index (χ3v) is 8.20. The van der Waals surface area contributed by atoms with E-state index in [1.54, 1.807) is 23.9 Å². The number of nitrogens with zero attached hydrogens (tertiary/aromatic N) is 3. The normalized spacial score (nSPS) is 15.8. The van der Waals surface area contributed by atoms with Gasteiger partial charge in [0.2, 0.25) is 11.8 Å². The predicted octanol–water partition coefficient (Wildman–Crippen LogP) is 5.77. The molecular weight excluding hydrogens is 527 g/mol. The smallest absolute Gasteiger partial charge is 0.240 e. The summed E-state index contributed by atoms with van der Waals surface area (Å²) in [6, 6.07) is 23.5. The Morgan fingerprint density at radius 2 is 1.80 bits per heavy atom. The zero-order chi connectivity index (χ0) is 28.2. The van der Waals surface area contributed by atoms with Crippen LogP contribution in [0.15, 0.2) is 78.9 Å². The van der Waals surface area contributed by atoms with E-state index in [9.17, 15) is 14.0 Å². The largest absolute Gasteiger partial charge is 0.497 e. The minimum Gasteiger partial charge on any atom is -0.497 e. The van der Waals surface area contributed by atoms with Crippen LogP contribution in [0.2, 0.25) is 0 Å². The van der Waals surface area contributed by atoms with E-state index in [0.29, 0.717) is 22.9 Å². The number of rotatable bonds is 8. The second kappa shape index (κ2) is 12.0. The molecule has 0 saturated carbocycles. The van der Waals surface area contributed by atoms with Crippen LogP contribution < -0.4 is 15.0 Å². The number of anilines is 1. The molecule has 2 amide bonds. The Labute approximate surface area is 237 Å². The number of thioether (sulfide) groups is 1. The highest BCUT2D eigenvalue weighted by Crippen LogP contribution is 2.48. The molecule has 1 aromatic heterocycles. The lowest BCUT2D eigenvalue weighted by molar-refractivity contribution is -0.123. The highest BCUT2D eigenvalue weighted by atomic mass is 32.2. The summed E-state index contributed by atoms with van der Waals surface area (Å²) in [5.74, 6) is 0.564. The van der Waals surface area contributed by atoms with Crippen molar-refractivity contribution in [2.75, 3.05) is 24.3 Å². The Balaban J connectivity index is 1.76. The molecule has 7 nitrogen and oxygen atoms in total. The van der Waals surface area contributed by atoms with E-state index >= 15 is 0 Å². The fraction of sp³-hybridized carbons (Fsp3) is 0.258. The maximum absolute atomic E-state index is 13.9. The third-order valence-electron chi connectivity index (χ3n) is 6.95. The monoisotopic (exact) mass is 558 g/mol. The van der Waals surface area contributed by atoms with Gasteiger partial charge in [0.05, 0.1) is 29.5 Å². The van der Waals surface area contributed by atoms with Crippen LogP contribution in [0.5, 0.6) is 5.75 Å². The van der Waals surface area contributed by atoms with E-state index in [0.717, 1.165) is 23.1 Å². The van der Waals surface area contributed by atoms with Crippen LogP contribution in [0.25, 0.3) is 16.9 Å². The molecule has 0 spiro atoms. The number of carbonyl (C=O) groups excluding carboxylic acids is 2. The average Bonchev–Trinajstić information content (AvgIpc) is 3.30. The molecule has 1 aliphatic heterocycles. The van der Waals surface area contributed by atoms with Gasteiger partial charge in [0.25, 0.3) is 0 Å². The van der Waals surface area contributed by atoms with Gasteiger partial charge in [-0.15, -0.1) is 11.8 Å². The number of benzene rings is 3. The molecule has 0 bridgehead atoms. The molecule has 0 unspecified atom stereocenters. The van der Waals surface area contributed by atoms with E-state index in [-0.39, 0.29) is 41.2 Å². The van der Waals surface area contributed by atoms with E-state index in [2.05, 4.69) is 5.32 Å². The van der Waals surface area contributed by atoms with Gasteiger partial charge in [0, 0.05) is 17.2 Å².